The van der Waals surface area contributed by atoms with Crippen LogP contribution in [0.25, 0.3) is 10.2 Å². The average Bonchev–Trinajstić information content (AvgIpc) is 3.06. The van der Waals surface area contributed by atoms with E-state index in [0.29, 0.717) is 15.0 Å². The summed E-state index contributed by atoms with van der Waals surface area (Å²) in [6.45, 7) is 2.23. The SMILES string of the molecule is CCC1Sc2ccccc2N(Cc2nc3c(F)c(F)cc(P)c3s2)C1=O. The number of hydrogen-bond donors (Lipinski definition) is 0. The van der Waals surface area contributed by atoms with Gasteiger partial charge in [0.2, 0.25) is 5.91 Å². The van der Waals surface area contributed by atoms with Gasteiger partial charge >= 0.3 is 0 Å². The van der Waals surface area contributed by atoms with Crippen LogP contribution >= 0.6 is 32.3 Å². The molecule has 0 saturated carbocycles. The van der Waals surface area contributed by atoms with Gasteiger partial charge in [-0.3, -0.25) is 4.79 Å². The summed E-state index contributed by atoms with van der Waals surface area (Å²) in [5, 5.41) is 0.999. The summed E-state index contributed by atoms with van der Waals surface area (Å²) in [5.41, 5.74) is 0.860. The zero-order chi connectivity index (χ0) is 18.4. The van der Waals surface area contributed by atoms with E-state index in [-0.39, 0.29) is 23.2 Å². The van der Waals surface area contributed by atoms with Crippen molar-refractivity contribution in [3.05, 3.63) is 47.0 Å². The van der Waals surface area contributed by atoms with Crippen LogP contribution in [0.5, 0.6) is 0 Å². The van der Waals surface area contributed by atoms with Gasteiger partial charge in [0, 0.05) is 4.90 Å². The zero-order valence-electron chi connectivity index (χ0n) is 13.8. The molecular weight excluding hydrogens is 393 g/mol. The molecule has 0 saturated heterocycles. The van der Waals surface area contributed by atoms with Crippen molar-refractivity contribution in [1.29, 1.82) is 0 Å². The van der Waals surface area contributed by atoms with Crippen LogP contribution in [-0.4, -0.2) is 16.1 Å². The van der Waals surface area contributed by atoms with E-state index in [9.17, 15) is 13.6 Å². The molecule has 1 aliphatic heterocycles. The molecule has 0 fully saturated rings. The first kappa shape index (κ1) is 17.8. The second-order valence-electron chi connectivity index (χ2n) is 5.95. The minimum absolute atomic E-state index is 0.0215. The van der Waals surface area contributed by atoms with Gasteiger partial charge in [-0.2, -0.15) is 0 Å². The van der Waals surface area contributed by atoms with Crippen LogP contribution in [0.15, 0.2) is 35.2 Å². The first-order valence-electron chi connectivity index (χ1n) is 8.09. The van der Waals surface area contributed by atoms with Gasteiger partial charge < -0.3 is 4.90 Å². The number of amides is 1. The molecule has 4 rings (SSSR count). The third-order valence-electron chi connectivity index (χ3n) is 4.26. The van der Waals surface area contributed by atoms with Gasteiger partial charge in [-0.15, -0.1) is 32.3 Å². The fraction of sp³-hybridized carbons (Fsp3) is 0.222. The Hall–Kier alpha value is -1.56. The Balaban J connectivity index is 1.77. The third-order valence-corrected chi connectivity index (χ3v) is 7.44. The number of aromatic nitrogens is 1. The predicted molar refractivity (Wildman–Crippen MR) is 106 cm³/mol. The van der Waals surface area contributed by atoms with E-state index in [2.05, 4.69) is 14.2 Å². The lowest BCUT2D eigenvalue weighted by Gasteiger charge is -2.32. The molecule has 26 heavy (non-hydrogen) atoms. The lowest BCUT2D eigenvalue weighted by molar-refractivity contribution is -0.118. The minimum atomic E-state index is -0.943. The maximum atomic E-state index is 14.1. The van der Waals surface area contributed by atoms with Crippen molar-refractivity contribution < 1.29 is 13.6 Å². The first-order chi connectivity index (χ1) is 12.5. The molecule has 134 valence electrons. The molecule has 1 aromatic heterocycles. The Labute approximate surface area is 160 Å². The van der Waals surface area contributed by atoms with Crippen molar-refractivity contribution in [2.45, 2.75) is 30.0 Å². The standard InChI is InChI=1S/C18H15F2N2OPS2/c1-2-12-18(23)22(10-5-3-4-6-13(10)25-12)8-14-21-16-15(20)9(19)7-11(24)17(16)26-14/h3-7,12H,2,8,24H2,1H3. The highest BCUT2D eigenvalue weighted by molar-refractivity contribution is 8.01. The van der Waals surface area contributed by atoms with Crippen LogP contribution in [0.3, 0.4) is 0 Å². The van der Waals surface area contributed by atoms with Gasteiger partial charge in [-0.05, 0) is 29.9 Å². The zero-order valence-corrected chi connectivity index (χ0v) is 16.6. The topological polar surface area (TPSA) is 33.2 Å². The van der Waals surface area contributed by atoms with Crippen molar-refractivity contribution in [2.24, 2.45) is 0 Å². The molecule has 0 spiro atoms. The highest BCUT2D eigenvalue weighted by Crippen LogP contribution is 2.41. The smallest absolute Gasteiger partial charge is 0.240 e. The monoisotopic (exact) mass is 408 g/mol. The summed E-state index contributed by atoms with van der Waals surface area (Å²) < 4.78 is 28.3. The molecule has 1 amide bonds. The van der Waals surface area contributed by atoms with Gasteiger partial charge in [0.05, 0.1) is 22.2 Å². The Morgan fingerprint density at radius 3 is 2.85 bits per heavy atom. The third kappa shape index (κ3) is 2.92. The van der Waals surface area contributed by atoms with Crippen LogP contribution in [0, 0.1) is 11.6 Å². The summed E-state index contributed by atoms with van der Waals surface area (Å²) in [6, 6.07) is 8.88. The maximum Gasteiger partial charge on any atom is 0.240 e. The van der Waals surface area contributed by atoms with Gasteiger partial charge in [-0.1, -0.05) is 19.1 Å². The second kappa shape index (κ2) is 6.87. The van der Waals surface area contributed by atoms with Gasteiger partial charge in [0.1, 0.15) is 10.5 Å². The lowest BCUT2D eigenvalue weighted by Crippen LogP contribution is -2.40. The summed E-state index contributed by atoms with van der Waals surface area (Å²) in [4.78, 5) is 19.9. The van der Waals surface area contributed by atoms with E-state index in [4.69, 9.17) is 0 Å². The molecule has 8 heteroatoms. The number of hydrogen-bond acceptors (Lipinski definition) is 4. The maximum absolute atomic E-state index is 14.1. The fourth-order valence-electron chi connectivity index (χ4n) is 2.99. The number of benzene rings is 2. The molecule has 1 aliphatic rings. The first-order valence-corrected chi connectivity index (χ1v) is 10.4. The Kier molecular flexibility index (Phi) is 4.71. The molecule has 3 aromatic rings. The van der Waals surface area contributed by atoms with Crippen LogP contribution in [0.1, 0.15) is 18.4 Å². The normalized spacial score (nSPS) is 17.0. The summed E-state index contributed by atoms with van der Waals surface area (Å²) in [5.74, 6) is -1.84. The molecular formula is C18H15F2N2OPS2. The number of thiazole rings is 1. The van der Waals surface area contributed by atoms with E-state index >= 15 is 0 Å². The number of nitrogens with zero attached hydrogens (tertiary/aromatic N) is 2. The molecule has 2 heterocycles. The van der Waals surface area contributed by atoms with E-state index < -0.39 is 11.6 Å². The molecule has 0 aliphatic carbocycles. The number of carbonyl (C=O) groups is 1. The number of rotatable bonds is 3. The van der Waals surface area contributed by atoms with Crippen molar-refractivity contribution in [3.63, 3.8) is 0 Å². The molecule has 0 radical (unpaired) electrons. The number of thioether (sulfide) groups is 1. The van der Waals surface area contributed by atoms with Gasteiger partial charge in [0.15, 0.2) is 11.6 Å². The number of para-hydroxylation sites is 1. The second-order valence-corrected chi connectivity index (χ2v) is 8.90. The summed E-state index contributed by atoms with van der Waals surface area (Å²) in [6.07, 6.45) is 0.726. The quantitative estimate of drug-likeness (QED) is 0.599. The van der Waals surface area contributed by atoms with Crippen LogP contribution < -0.4 is 10.2 Å². The van der Waals surface area contributed by atoms with E-state index in [1.807, 2.05) is 31.2 Å². The molecule has 3 nitrogen and oxygen atoms in total. The average molecular weight is 408 g/mol. The van der Waals surface area contributed by atoms with E-state index in [1.165, 1.54) is 11.3 Å². The highest BCUT2D eigenvalue weighted by atomic mass is 32.2. The van der Waals surface area contributed by atoms with Crippen molar-refractivity contribution in [1.82, 2.24) is 4.98 Å². The molecule has 2 atom stereocenters. The van der Waals surface area contributed by atoms with Crippen LogP contribution in [0.4, 0.5) is 14.5 Å². The molecule has 2 unspecified atom stereocenters. The molecule has 2 aromatic carbocycles. The highest BCUT2D eigenvalue weighted by Gasteiger charge is 2.33. The van der Waals surface area contributed by atoms with Gasteiger partial charge in [0.25, 0.3) is 0 Å². The Morgan fingerprint density at radius 2 is 2.08 bits per heavy atom. The fourth-order valence-corrected chi connectivity index (χ4v) is 5.58. The number of carbonyl (C=O) groups excluding carboxylic acids is 1. The predicted octanol–water partition coefficient (Wildman–Crippen LogP) is 4.49. The van der Waals surface area contributed by atoms with Crippen LogP contribution in [0.2, 0.25) is 0 Å². The summed E-state index contributed by atoms with van der Waals surface area (Å²) in [7, 11) is 2.41. The number of halogens is 2. The minimum Gasteiger partial charge on any atom is -0.303 e. The van der Waals surface area contributed by atoms with Crippen molar-refractivity contribution in [2.75, 3.05) is 4.90 Å². The summed E-state index contributed by atoms with van der Waals surface area (Å²) >= 11 is 2.86. The molecule has 0 N–H and O–H groups in total. The lowest BCUT2D eigenvalue weighted by atomic mass is 10.2. The van der Waals surface area contributed by atoms with E-state index in [0.717, 1.165) is 23.1 Å². The van der Waals surface area contributed by atoms with Crippen molar-refractivity contribution >= 4 is 59.5 Å². The number of fused-ring (bicyclic) bond motifs is 2. The Morgan fingerprint density at radius 1 is 1.31 bits per heavy atom. The Bertz CT molecular complexity index is 1020. The van der Waals surface area contributed by atoms with Gasteiger partial charge in [-0.25, -0.2) is 13.8 Å². The van der Waals surface area contributed by atoms with Crippen molar-refractivity contribution in [3.8, 4) is 0 Å². The van der Waals surface area contributed by atoms with E-state index in [1.54, 1.807) is 16.7 Å². The van der Waals surface area contributed by atoms with Crippen LogP contribution in [-0.2, 0) is 11.3 Å². The number of anilines is 1. The molecule has 0 bridgehead atoms. The largest absolute Gasteiger partial charge is 0.303 e.